The number of pyridine rings is 1. The smallest absolute Gasteiger partial charge is 0.304 e. The van der Waals surface area contributed by atoms with Crippen LogP contribution in [-0.4, -0.2) is 32.0 Å². The largest absolute Gasteiger partial charge is 0.326 e. The van der Waals surface area contributed by atoms with E-state index in [4.69, 9.17) is 0 Å². The highest BCUT2D eigenvalue weighted by Crippen LogP contribution is 2.33. The minimum Gasteiger partial charge on any atom is -0.304 e. The first-order valence-electron chi connectivity index (χ1n) is 7.44. The van der Waals surface area contributed by atoms with Gasteiger partial charge in [-0.1, -0.05) is 0 Å². The van der Waals surface area contributed by atoms with Crippen LogP contribution in [0.25, 0.3) is 11.0 Å². The van der Waals surface area contributed by atoms with Gasteiger partial charge in [0.05, 0.1) is 17.2 Å². The van der Waals surface area contributed by atoms with E-state index in [1.54, 1.807) is 6.20 Å². The van der Waals surface area contributed by atoms with Crippen LogP contribution in [0, 0.1) is 12.8 Å². The van der Waals surface area contributed by atoms with Crippen LogP contribution in [0.4, 0.5) is 0 Å². The molecule has 106 valence electrons. The second-order valence-electron chi connectivity index (χ2n) is 6.35. The lowest BCUT2D eigenvalue weighted by atomic mass is 10.1. The van der Waals surface area contributed by atoms with Crippen molar-refractivity contribution in [1.29, 1.82) is 0 Å². The Morgan fingerprint density at radius 1 is 1.45 bits per heavy atom. The first-order chi connectivity index (χ1) is 9.63. The predicted molar refractivity (Wildman–Crippen MR) is 77.7 cm³/mol. The number of nitrogens with zero attached hydrogens (tertiary/aromatic N) is 3. The number of hydrogen-bond acceptors (Lipinski definition) is 3. The molecule has 2 aromatic heterocycles. The third-order valence-corrected chi connectivity index (χ3v) is 4.74. The standard InChI is InChI=1S/C15H20N4O/c1-9-6-19-14-12(8-18(9)7-11-3-4-11)10(2)16-5-13(14)17-15(19)20/h5,9,11H,3-4,6-8H2,1-2H3,(H,17,20). The number of nitrogens with one attached hydrogen (secondary N) is 1. The fraction of sp³-hybridized carbons (Fsp3) is 0.600. The van der Waals surface area contributed by atoms with Crippen molar-refractivity contribution in [2.45, 2.75) is 45.8 Å². The maximum absolute atomic E-state index is 12.2. The fourth-order valence-corrected chi connectivity index (χ4v) is 3.30. The van der Waals surface area contributed by atoms with Gasteiger partial charge < -0.3 is 4.98 Å². The van der Waals surface area contributed by atoms with E-state index in [0.717, 1.165) is 42.3 Å². The molecule has 1 aliphatic heterocycles. The summed E-state index contributed by atoms with van der Waals surface area (Å²) in [5.41, 5.74) is 4.18. The van der Waals surface area contributed by atoms with Gasteiger partial charge in [0.2, 0.25) is 0 Å². The highest BCUT2D eigenvalue weighted by Gasteiger charge is 2.30. The van der Waals surface area contributed by atoms with Crippen molar-refractivity contribution in [2.75, 3.05) is 6.54 Å². The SMILES string of the molecule is Cc1ncc2[nH]c(=O)n3c2c1CN(CC1CC1)C(C)C3. The molecule has 1 atom stereocenters. The zero-order valence-electron chi connectivity index (χ0n) is 12.0. The van der Waals surface area contributed by atoms with Gasteiger partial charge in [-0.2, -0.15) is 0 Å². The molecule has 0 aromatic carbocycles. The Kier molecular flexibility index (Phi) is 2.54. The molecule has 0 radical (unpaired) electrons. The third kappa shape index (κ3) is 1.80. The van der Waals surface area contributed by atoms with Crippen LogP contribution in [0.3, 0.4) is 0 Å². The van der Waals surface area contributed by atoms with Crippen molar-refractivity contribution in [3.05, 3.63) is 27.9 Å². The van der Waals surface area contributed by atoms with Crippen LogP contribution in [0.1, 0.15) is 31.0 Å². The molecule has 0 amide bonds. The van der Waals surface area contributed by atoms with Crippen molar-refractivity contribution in [3.63, 3.8) is 0 Å². The number of aromatic nitrogens is 3. The average molecular weight is 272 g/mol. The maximum atomic E-state index is 12.2. The van der Waals surface area contributed by atoms with Gasteiger partial charge in [-0.25, -0.2) is 4.79 Å². The molecule has 2 aliphatic rings. The summed E-state index contributed by atoms with van der Waals surface area (Å²) in [5.74, 6) is 0.862. The highest BCUT2D eigenvalue weighted by atomic mass is 16.1. The molecule has 0 spiro atoms. The Balaban J connectivity index is 1.86. The van der Waals surface area contributed by atoms with E-state index in [1.165, 1.54) is 18.4 Å². The molecular formula is C15H20N4O. The molecule has 1 N–H and O–H groups in total. The van der Waals surface area contributed by atoms with E-state index < -0.39 is 0 Å². The Morgan fingerprint density at radius 3 is 3.00 bits per heavy atom. The molecule has 1 aliphatic carbocycles. The lowest BCUT2D eigenvalue weighted by Crippen LogP contribution is -2.37. The lowest BCUT2D eigenvalue weighted by Gasteiger charge is -2.27. The number of aryl methyl sites for hydroxylation is 1. The van der Waals surface area contributed by atoms with E-state index in [0.29, 0.717) is 6.04 Å². The monoisotopic (exact) mass is 272 g/mol. The Bertz CT molecular complexity index is 725. The molecule has 3 heterocycles. The number of hydrogen-bond donors (Lipinski definition) is 1. The summed E-state index contributed by atoms with van der Waals surface area (Å²) in [5, 5.41) is 0. The molecule has 4 rings (SSSR count). The number of imidazole rings is 1. The average Bonchev–Trinajstić information content (AvgIpc) is 3.18. The summed E-state index contributed by atoms with van der Waals surface area (Å²) in [6.07, 6.45) is 4.50. The second-order valence-corrected chi connectivity index (χ2v) is 6.35. The summed E-state index contributed by atoms with van der Waals surface area (Å²) >= 11 is 0. The number of H-pyrrole nitrogens is 1. The molecule has 1 unspecified atom stereocenters. The van der Waals surface area contributed by atoms with Crippen LogP contribution in [-0.2, 0) is 13.1 Å². The van der Waals surface area contributed by atoms with Gasteiger partial charge in [-0.05, 0) is 32.6 Å². The topological polar surface area (TPSA) is 53.9 Å². The van der Waals surface area contributed by atoms with Gasteiger partial charge in [-0.15, -0.1) is 0 Å². The Morgan fingerprint density at radius 2 is 2.25 bits per heavy atom. The molecule has 1 fully saturated rings. The highest BCUT2D eigenvalue weighted by molar-refractivity contribution is 5.79. The minimum absolute atomic E-state index is 0.00577. The predicted octanol–water partition coefficient (Wildman–Crippen LogP) is 1.65. The molecule has 0 saturated heterocycles. The molecular weight excluding hydrogens is 252 g/mol. The van der Waals surface area contributed by atoms with E-state index in [9.17, 15) is 4.79 Å². The summed E-state index contributed by atoms with van der Waals surface area (Å²) in [6.45, 7) is 7.09. The zero-order valence-corrected chi connectivity index (χ0v) is 12.0. The molecule has 20 heavy (non-hydrogen) atoms. The van der Waals surface area contributed by atoms with Gasteiger partial charge in [0, 0.05) is 36.9 Å². The fourth-order valence-electron chi connectivity index (χ4n) is 3.30. The quantitative estimate of drug-likeness (QED) is 0.904. The van der Waals surface area contributed by atoms with E-state index in [-0.39, 0.29) is 5.69 Å². The van der Waals surface area contributed by atoms with Crippen molar-refractivity contribution >= 4 is 11.0 Å². The Hall–Kier alpha value is -1.62. The number of rotatable bonds is 2. The van der Waals surface area contributed by atoms with Crippen LogP contribution in [0.5, 0.6) is 0 Å². The Labute approximate surface area is 117 Å². The second kappa shape index (κ2) is 4.19. The molecule has 1 saturated carbocycles. The normalized spacial score (nSPS) is 23.2. The molecule has 0 bridgehead atoms. The van der Waals surface area contributed by atoms with Gasteiger partial charge in [-0.3, -0.25) is 14.5 Å². The van der Waals surface area contributed by atoms with Crippen LogP contribution >= 0.6 is 0 Å². The first kappa shape index (κ1) is 12.1. The van der Waals surface area contributed by atoms with E-state index in [1.807, 2.05) is 11.5 Å². The van der Waals surface area contributed by atoms with Crippen molar-refractivity contribution in [2.24, 2.45) is 5.92 Å². The summed E-state index contributed by atoms with van der Waals surface area (Å²) < 4.78 is 1.90. The summed E-state index contributed by atoms with van der Waals surface area (Å²) in [6, 6.07) is 0.388. The third-order valence-electron chi connectivity index (χ3n) is 4.74. The van der Waals surface area contributed by atoms with Gasteiger partial charge in [0.25, 0.3) is 0 Å². The minimum atomic E-state index is -0.00577. The van der Waals surface area contributed by atoms with E-state index >= 15 is 0 Å². The van der Waals surface area contributed by atoms with Gasteiger partial charge in [0.15, 0.2) is 0 Å². The summed E-state index contributed by atoms with van der Waals surface area (Å²) in [4.78, 5) is 22.1. The van der Waals surface area contributed by atoms with Crippen molar-refractivity contribution < 1.29 is 0 Å². The molecule has 5 heteroatoms. The molecule has 2 aromatic rings. The van der Waals surface area contributed by atoms with Crippen molar-refractivity contribution in [3.8, 4) is 0 Å². The number of aromatic amines is 1. The van der Waals surface area contributed by atoms with E-state index in [2.05, 4.69) is 21.8 Å². The van der Waals surface area contributed by atoms with Crippen LogP contribution in [0.2, 0.25) is 0 Å². The molecule has 5 nitrogen and oxygen atoms in total. The van der Waals surface area contributed by atoms with Crippen molar-refractivity contribution in [1.82, 2.24) is 19.4 Å². The zero-order chi connectivity index (χ0) is 13.9. The maximum Gasteiger partial charge on any atom is 0.326 e. The first-order valence-corrected chi connectivity index (χ1v) is 7.44. The van der Waals surface area contributed by atoms with Crippen LogP contribution < -0.4 is 5.69 Å². The van der Waals surface area contributed by atoms with Gasteiger partial charge in [0.1, 0.15) is 0 Å². The summed E-state index contributed by atoms with van der Waals surface area (Å²) in [7, 11) is 0. The van der Waals surface area contributed by atoms with Gasteiger partial charge >= 0.3 is 5.69 Å². The van der Waals surface area contributed by atoms with Crippen LogP contribution in [0.15, 0.2) is 11.0 Å². The lowest BCUT2D eigenvalue weighted by molar-refractivity contribution is 0.180.